The van der Waals surface area contributed by atoms with Crippen LogP contribution in [0.5, 0.6) is 11.5 Å². The molecule has 0 bridgehead atoms. The highest BCUT2D eigenvalue weighted by Gasteiger charge is 2.19. The minimum atomic E-state index is -0.685. The van der Waals surface area contributed by atoms with E-state index < -0.39 is 6.10 Å². The maximum Gasteiger partial charge on any atom is 0.128 e. The zero-order chi connectivity index (χ0) is 14.5. The van der Waals surface area contributed by atoms with E-state index in [-0.39, 0.29) is 0 Å². The van der Waals surface area contributed by atoms with Gasteiger partial charge in [0.1, 0.15) is 11.5 Å². The molecule has 0 saturated carbocycles. The van der Waals surface area contributed by atoms with Gasteiger partial charge in [-0.25, -0.2) is 0 Å². The zero-order valence-corrected chi connectivity index (χ0v) is 13.1. The van der Waals surface area contributed by atoms with Crippen LogP contribution in [-0.4, -0.2) is 19.3 Å². The third kappa shape index (κ3) is 3.32. The standard InChI is InChI=1S/C16H17BrO3/c1-19-14-7-4-8-15(20-2)16(14)13(18)10-11-5-3-6-12(17)9-11/h3-9,13,18H,10H2,1-2H3. The molecule has 0 saturated heterocycles. The fraction of sp³-hybridized carbons (Fsp3) is 0.250. The van der Waals surface area contributed by atoms with Crippen molar-refractivity contribution in [2.45, 2.75) is 12.5 Å². The Balaban J connectivity index is 2.31. The molecular formula is C16H17BrO3. The van der Waals surface area contributed by atoms with E-state index in [1.165, 1.54) is 0 Å². The molecule has 0 aromatic heterocycles. The van der Waals surface area contributed by atoms with Crippen LogP contribution in [-0.2, 0) is 6.42 Å². The molecule has 2 aromatic rings. The molecule has 3 nitrogen and oxygen atoms in total. The van der Waals surface area contributed by atoms with Crippen LogP contribution in [0.3, 0.4) is 0 Å². The monoisotopic (exact) mass is 336 g/mol. The van der Waals surface area contributed by atoms with Crippen molar-refractivity contribution in [3.63, 3.8) is 0 Å². The van der Waals surface area contributed by atoms with Crippen molar-refractivity contribution in [3.05, 3.63) is 58.1 Å². The predicted molar refractivity (Wildman–Crippen MR) is 82.4 cm³/mol. The molecule has 0 radical (unpaired) electrons. The van der Waals surface area contributed by atoms with Crippen molar-refractivity contribution in [1.82, 2.24) is 0 Å². The van der Waals surface area contributed by atoms with Crippen molar-refractivity contribution in [1.29, 1.82) is 0 Å². The Morgan fingerprint density at radius 3 is 2.20 bits per heavy atom. The summed E-state index contributed by atoms with van der Waals surface area (Å²) in [7, 11) is 3.17. The summed E-state index contributed by atoms with van der Waals surface area (Å²) in [4.78, 5) is 0. The fourth-order valence-corrected chi connectivity index (χ4v) is 2.64. The molecule has 2 aromatic carbocycles. The fourth-order valence-electron chi connectivity index (χ4n) is 2.20. The number of halogens is 1. The topological polar surface area (TPSA) is 38.7 Å². The highest BCUT2D eigenvalue weighted by atomic mass is 79.9. The normalized spacial score (nSPS) is 12.0. The average molecular weight is 337 g/mol. The number of ether oxygens (including phenoxy) is 2. The number of aliphatic hydroxyl groups is 1. The van der Waals surface area contributed by atoms with E-state index in [0.29, 0.717) is 23.5 Å². The molecule has 1 atom stereocenters. The Morgan fingerprint density at radius 2 is 1.65 bits per heavy atom. The van der Waals surface area contributed by atoms with Crippen LogP contribution < -0.4 is 9.47 Å². The first-order valence-corrected chi connectivity index (χ1v) is 7.08. The Morgan fingerprint density at radius 1 is 1.05 bits per heavy atom. The van der Waals surface area contributed by atoms with Crippen molar-refractivity contribution in [2.75, 3.05) is 14.2 Å². The summed E-state index contributed by atoms with van der Waals surface area (Å²) in [6, 6.07) is 13.4. The Bertz CT molecular complexity index is 561. The molecule has 1 unspecified atom stereocenters. The molecule has 0 aliphatic carbocycles. The molecule has 0 spiro atoms. The van der Waals surface area contributed by atoms with E-state index in [9.17, 15) is 5.11 Å². The average Bonchev–Trinajstić information content (AvgIpc) is 2.46. The van der Waals surface area contributed by atoms with Gasteiger partial charge in [-0.3, -0.25) is 0 Å². The van der Waals surface area contributed by atoms with Gasteiger partial charge in [0.15, 0.2) is 0 Å². The van der Waals surface area contributed by atoms with E-state index in [1.807, 2.05) is 42.5 Å². The van der Waals surface area contributed by atoms with E-state index in [4.69, 9.17) is 9.47 Å². The molecule has 0 amide bonds. The van der Waals surface area contributed by atoms with Crippen molar-refractivity contribution < 1.29 is 14.6 Å². The summed E-state index contributed by atoms with van der Waals surface area (Å²) in [6.45, 7) is 0. The third-order valence-corrected chi connectivity index (χ3v) is 3.61. The number of aliphatic hydroxyl groups excluding tert-OH is 1. The zero-order valence-electron chi connectivity index (χ0n) is 11.5. The highest BCUT2D eigenvalue weighted by Crippen LogP contribution is 2.35. The second-order valence-electron chi connectivity index (χ2n) is 4.43. The van der Waals surface area contributed by atoms with Crippen LogP contribution in [0.2, 0.25) is 0 Å². The minimum absolute atomic E-state index is 0.496. The van der Waals surface area contributed by atoms with Gasteiger partial charge in [-0.15, -0.1) is 0 Å². The molecular weight excluding hydrogens is 320 g/mol. The first-order valence-electron chi connectivity index (χ1n) is 6.29. The van der Waals surface area contributed by atoms with Gasteiger partial charge in [-0.1, -0.05) is 34.1 Å². The number of rotatable bonds is 5. The van der Waals surface area contributed by atoms with E-state index in [1.54, 1.807) is 14.2 Å². The number of benzene rings is 2. The lowest BCUT2D eigenvalue weighted by Crippen LogP contribution is -2.06. The second kappa shape index (κ2) is 6.77. The van der Waals surface area contributed by atoms with Gasteiger partial charge in [-0.2, -0.15) is 0 Å². The highest BCUT2D eigenvalue weighted by molar-refractivity contribution is 9.10. The molecule has 1 N–H and O–H groups in total. The molecule has 0 fully saturated rings. The summed E-state index contributed by atoms with van der Waals surface area (Å²) < 4.78 is 11.6. The lowest BCUT2D eigenvalue weighted by Gasteiger charge is -2.18. The van der Waals surface area contributed by atoms with Crippen LogP contribution in [0.25, 0.3) is 0 Å². The lowest BCUT2D eigenvalue weighted by atomic mass is 9.99. The summed E-state index contributed by atoms with van der Waals surface area (Å²) >= 11 is 3.43. The first-order chi connectivity index (χ1) is 9.65. The van der Waals surface area contributed by atoms with Crippen LogP contribution in [0.15, 0.2) is 46.9 Å². The van der Waals surface area contributed by atoms with Gasteiger partial charge in [0.25, 0.3) is 0 Å². The Kier molecular flexibility index (Phi) is 5.04. The van der Waals surface area contributed by atoms with Crippen LogP contribution in [0.4, 0.5) is 0 Å². The van der Waals surface area contributed by atoms with E-state index in [0.717, 1.165) is 10.0 Å². The molecule has 0 heterocycles. The van der Waals surface area contributed by atoms with Crippen LogP contribution in [0, 0.1) is 0 Å². The smallest absolute Gasteiger partial charge is 0.128 e. The molecule has 4 heteroatoms. The maximum absolute atomic E-state index is 10.5. The van der Waals surface area contributed by atoms with E-state index in [2.05, 4.69) is 15.9 Å². The van der Waals surface area contributed by atoms with Crippen molar-refractivity contribution in [3.8, 4) is 11.5 Å². The third-order valence-electron chi connectivity index (χ3n) is 3.12. The largest absolute Gasteiger partial charge is 0.496 e. The van der Waals surface area contributed by atoms with Crippen LogP contribution in [0.1, 0.15) is 17.2 Å². The molecule has 20 heavy (non-hydrogen) atoms. The van der Waals surface area contributed by atoms with Gasteiger partial charge in [0.2, 0.25) is 0 Å². The summed E-state index contributed by atoms with van der Waals surface area (Å²) in [5, 5.41) is 10.5. The van der Waals surface area contributed by atoms with Gasteiger partial charge in [0.05, 0.1) is 25.9 Å². The van der Waals surface area contributed by atoms with E-state index >= 15 is 0 Å². The van der Waals surface area contributed by atoms with Crippen LogP contribution >= 0.6 is 15.9 Å². The van der Waals surface area contributed by atoms with Gasteiger partial charge >= 0.3 is 0 Å². The number of hydrogen-bond donors (Lipinski definition) is 1. The molecule has 0 aliphatic heterocycles. The van der Waals surface area contributed by atoms with Gasteiger partial charge in [0, 0.05) is 10.9 Å². The predicted octanol–water partition coefficient (Wildman–Crippen LogP) is 3.74. The molecule has 0 aliphatic rings. The Labute approximate surface area is 127 Å². The van der Waals surface area contributed by atoms with Gasteiger partial charge in [-0.05, 0) is 29.8 Å². The lowest BCUT2D eigenvalue weighted by molar-refractivity contribution is 0.169. The van der Waals surface area contributed by atoms with Crippen molar-refractivity contribution >= 4 is 15.9 Å². The number of methoxy groups -OCH3 is 2. The molecule has 2 rings (SSSR count). The Hall–Kier alpha value is -1.52. The SMILES string of the molecule is COc1cccc(OC)c1C(O)Cc1cccc(Br)c1. The summed E-state index contributed by atoms with van der Waals surface area (Å²) in [6.07, 6.45) is -0.189. The first kappa shape index (κ1) is 14.9. The minimum Gasteiger partial charge on any atom is -0.496 e. The summed E-state index contributed by atoms with van der Waals surface area (Å²) in [5.74, 6) is 1.26. The second-order valence-corrected chi connectivity index (χ2v) is 5.34. The summed E-state index contributed by atoms with van der Waals surface area (Å²) in [5.41, 5.74) is 1.72. The van der Waals surface area contributed by atoms with Gasteiger partial charge < -0.3 is 14.6 Å². The molecule has 106 valence electrons. The van der Waals surface area contributed by atoms with Crippen molar-refractivity contribution in [2.24, 2.45) is 0 Å². The quantitative estimate of drug-likeness (QED) is 0.903. The maximum atomic E-state index is 10.5. The number of hydrogen-bond acceptors (Lipinski definition) is 3.